The Hall–Kier alpha value is -3.19. The van der Waals surface area contributed by atoms with Gasteiger partial charge in [0.2, 0.25) is 0 Å². The summed E-state index contributed by atoms with van der Waals surface area (Å²) >= 11 is 0. The van der Waals surface area contributed by atoms with Crippen LogP contribution in [-0.4, -0.2) is 23.5 Å². The lowest BCUT2D eigenvalue weighted by molar-refractivity contribution is 0.475. The number of aromatic nitrogens is 2. The molecule has 0 aliphatic heterocycles. The summed E-state index contributed by atoms with van der Waals surface area (Å²) in [5.41, 5.74) is 1.67. The Morgan fingerprint density at radius 1 is 0.960 bits per heavy atom. The number of benzene rings is 2. The summed E-state index contributed by atoms with van der Waals surface area (Å²) in [5.74, 6) is 0.496. The third-order valence-electron chi connectivity index (χ3n) is 3.26. The van der Waals surface area contributed by atoms with Crippen molar-refractivity contribution < 1.29 is 13.5 Å². The fourth-order valence-corrected chi connectivity index (χ4v) is 2.94. The zero-order valence-electron chi connectivity index (χ0n) is 13.1. The van der Waals surface area contributed by atoms with Crippen LogP contribution < -0.4 is 4.72 Å². The summed E-state index contributed by atoms with van der Waals surface area (Å²) in [6.45, 7) is 0. The Bertz CT molecular complexity index is 986. The molecule has 0 saturated heterocycles. The average Bonchev–Trinajstić information content (AvgIpc) is 2.61. The molecule has 0 unspecified atom stereocenters. The number of hydrogen-bond acceptors (Lipinski definition) is 5. The van der Waals surface area contributed by atoms with Crippen LogP contribution in [0.4, 0.5) is 5.69 Å². The smallest absolute Gasteiger partial charge is 0.255 e. The van der Waals surface area contributed by atoms with E-state index in [-0.39, 0.29) is 11.4 Å². The van der Waals surface area contributed by atoms with Gasteiger partial charge in [0.25, 0.3) is 10.0 Å². The van der Waals surface area contributed by atoms with Crippen LogP contribution in [0.2, 0.25) is 0 Å². The Balaban J connectivity index is 1.73. The van der Waals surface area contributed by atoms with E-state index in [1.54, 1.807) is 30.3 Å². The molecule has 3 rings (SSSR count). The number of hydrogen-bond donors (Lipinski definition) is 2. The number of nitrogens with zero attached hydrogens (tertiary/aromatic N) is 2. The Labute approximate surface area is 145 Å². The van der Waals surface area contributed by atoms with Gasteiger partial charge < -0.3 is 5.11 Å². The summed E-state index contributed by atoms with van der Waals surface area (Å²) in [6, 6.07) is 15.6. The topological polar surface area (TPSA) is 92.2 Å². The standard InChI is InChI=1S/C18H15N3O3S/c22-17-8-4-7-15(11-17)18-19-12-16(13-20-18)21-25(23,24)10-9-14-5-2-1-3-6-14/h1-13,21-22H. The van der Waals surface area contributed by atoms with Gasteiger partial charge in [-0.15, -0.1) is 0 Å². The van der Waals surface area contributed by atoms with Gasteiger partial charge in [0.1, 0.15) is 5.75 Å². The van der Waals surface area contributed by atoms with Crippen molar-refractivity contribution in [3.63, 3.8) is 0 Å². The molecule has 0 spiro atoms. The van der Waals surface area contributed by atoms with Crippen LogP contribution in [0.1, 0.15) is 5.56 Å². The first-order valence-electron chi connectivity index (χ1n) is 7.39. The minimum absolute atomic E-state index is 0.108. The van der Waals surface area contributed by atoms with E-state index >= 15 is 0 Å². The SMILES string of the molecule is O=S(=O)(C=Cc1ccccc1)Nc1cnc(-c2cccc(O)c2)nc1. The molecule has 3 aromatic rings. The monoisotopic (exact) mass is 353 g/mol. The molecule has 2 N–H and O–H groups in total. The van der Waals surface area contributed by atoms with E-state index in [1.807, 2.05) is 18.2 Å². The van der Waals surface area contributed by atoms with Gasteiger partial charge in [-0.2, -0.15) is 0 Å². The van der Waals surface area contributed by atoms with Gasteiger partial charge in [-0.1, -0.05) is 42.5 Å². The van der Waals surface area contributed by atoms with Gasteiger partial charge in [-0.25, -0.2) is 18.4 Å². The van der Waals surface area contributed by atoms with Gasteiger partial charge in [-0.05, 0) is 23.8 Å². The fraction of sp³-hybridized carbons (Fsp3) is 0. The third-order valence-corrected chi connectivity index (χ3v) is 4.27. The molecule has 0 aliphatic carbocycles. The number of anilines is 1. The molecule has 1 heterocycles. The quantitative estimate of drug-likeness (QED) is 0.734. The maximum atomic E-state index is 12.1. The summed E-state index contributed by atoms with van der Waals surface area (Å²) < 4.78 is 26.6. The van der Waals surface area contributed by atoms with Gasteiger partial charge in [-0.3, -0.25) is 4.72 Å². The molecule has 7 heteroatoms. The first-order chi connectivity index (χ1) is 12.0. The number of nitrogens with one attached hydrogen (secondary N) is 1. The lowest BCUT2D eigenvalue weighted by atomic mass is 10.2. The molecule has 126 valence electrons. The molecular formula is C18H15N3O3S. The zero-order valence-corrected chi connectivity index (χ0v) is 13.9. The largest absolute Gasteiger partial charge is 0.508 e. The van der Waals surface area contributed by atoms with E-state index in [4.69, 9.17) is 0 Å². The second-order valence-corrected chi connectivity index (χ2v) is 6.77. The highest BCUT2D eigenvalue weighted by molar-refractivity contribution is 7.95. The third kappa shape index (κ3) is 4.65. The molecule has 0 aliphatic rings. The summed E-state index contributed by atoms with van der Waals surface area (Å²) in [6.07, 6.45) is 4.25. The van der Waals surface area contributed by atoms with Crippen molar-refractivity contribution in [3.05, 3.63) is 78.0 Å². The highest BCUT2D eigenvalue weighted by Gasteiger charge is 2.08. The highest BCUT2D eigenvalue weighted by atomic mass is 32.2. The van der Waals surface area contributed by atoms with E-state index < -0.39 is 10.0 Å². The summed E-state index contributed by atoms with van der Waals surface area (Å²) in [5, 5.41) is 10.6. The predicted octanol–water partition coefficient (Wildman–Crippen LogP) is 3.26. The van der Waals surface area contributed by atoms with Gasteiger partial charge >= 0.3 is 0 Å². The molecule has 2 aromatic carbocycles. The first-order valence-corrected chi connectivity index (χ1v) is 8.94. The molecule has 25 heavy (non-hydrogen) atoms. The van der Waals surface area contributed by atoms with Crippen LogP contribution in [-0.2, 0) is 10.0 Å². The molecule has 0 atom stereocenters. The van der Waals surface area contributed by atoms with E-state index in [2.05, 4.69) is 14.7 Å². The van der Waals surface area contributed by atoms with Crippen LogP contribution in [0.5, 0.6) is 5.75 Å². The van der Waals surface area contributed by atoms with Crippen LogP contribution in [0.15, 0.2) is 72.4 Å². The van der Waals surface area contributed by atoms with Crippen molar-refractivity contribution in [2.45, 2.75) is 0 Å². The maximum Gasteiger partial charge on any atom is 0.255 e. The van der Waals surface area contributed by atoms with Gasteiger partial charge in [0.15, 0.2) is 5.82 Å². The first kappa shape index (κ1) is 16.7. The van der Waals surface area contributed by atoms with Crippen LogP contribution in [0.3, 0.4) is 0 Å². The summed E-state index contributed by atoms with van der Waals surface area (Å²) in [4.78, 5) is 8.24. The molecule has 1 aromatic heterocycles. The number of aromatic hydroxyl groups is 1. The Morgan fingerprint density at radius 2 is 1.68 bits per heavy atom. The van der Waals surface area contributed by atoms with Gasteiger partial charge in [0.05, 0.1) is 23.5 Å². The van der Waals surface area contributed by atoms with E-state index in [9.17, 15) is 13.5 Å². The number of phenols is 1. The molecule has 0 amide bonds. The molecule has 0 radical (unpaired) electrons. The molecule has 0 bridgehead atoms. The molecular weight excluding hydrogens is 338 g/mol. The van der Waals surface area contributed by atoms with Crippen LogP contribution >= 0.6 is 0 Å². The average molecular weight is 353 g/mol. The zero-order chi connectivity index (χ0) is 17.7. The normalized spacial score (nSPS) is 11.5. The van der Waals surface area contributed by atoms with Crippen LogP contribution in [0.25, 0.3) is 17.5 Å². The van der Waals surface area contributed by atoms with Crippen molar-refractivity contribution in [1.82, 2.24) is 9.97 Å². The second kappa shape index (κ2) is 7.14. The van der Waals surface area contributed by atoms with Crippen molar-refractivity contribution in [2.75, 3.05) is 4.72 Å². The van der Waals surface area contributed by atoms with Crippen molar-refractivity contribution in [2.24, 2.45) is 0 Å². The van der Waals surface area contributed by atoms with E-state index in [0.717, 1.165) is 11.0 Å². The predicted molar refractivity (Wildman–Crippen MR) is 97.2 cm³/mol. The van der Waals surface area contributed by atoms with Crippen LogP contribution in [0, 0.1) is 0 Å². The van der Waals surface area contributed by atoms with Crippen molar-refractivity contribution in [1.29, 1.82) is 0 Å². The lowest BCUT2D eigenvalue weighted by Crippen LogP contribution is -2.09. The lowest BCUT2D eigenvalue weighted by Gasteiger charge is -2.05. The summed E-state index contributed by atoms with van der Waals surface area (Å²) in [7, 11) is -3.67. The number of rotatable bonds is 5. The number of sulfonamides is 1. The van der Waals surface area contributed by atoms with E-state index in [0.29, 0.717) is 11.4 Å². The number of phenolic OH excluding ortho intramolecular Hbond substituents is 1. The van der Waals surface area contributed by atoms with E-state index in [1.165, 1.54) is 24.5 Å². The molecule has 0 fully saturated rings. The minimum atomic E-state index is -3.67. The Morgan fingerprint density at radius 3 is 2.36 bits per heavy atom. The fourth-order valence-electron chi connectivity index (χ4n) is 2.11. The Kier molecular flexibility index (Phi) is 4.76. The van der Waals surface area contributed by atoms with Crippen molar-refractivity contribution in [3.8, 4) is 17.1 Å². The minimum Gasteiger partial charge on any atom is -0.508 e. The van der Waals surface area contributed by atoms with Crippen molar-refractivity contribution >= 4 is 21.8 Å². The molecule has 0 saturated carbocycles. The van der Waals surface area contributed by atoms with Gasteiger partial charge in [0, 0.05) is 5.56 Å². The highest BCUT2D eigenvalue weighted by Crippen LogP contribution is 2.20. The second-order valence-electron chi connectivity index (χ2n) is 5.21. The molecule has 6 nitrogen and oxygen atoms in total. The maximum absolute atomic E-state index is 12.1.